The molecule has 32 heavy (non-hydrogen) atoms. The molecule has 6 heteroatoms. The van der Waals surface area contributed by atoms with Gasteiger partial charge in [-0.1, -0.05) is 12.1 Å². The van der Waals surface area contributed by atoms with Gasteiger partial charge in [-0.05, 0) is 93.5 Å². The van der Waals surface area contributed by atoms with E-state index in [2.05, 4.69) is 16.0 Å². The van der Waals surface area contributed by atoms with Crippen molar-refractivity contribution in [2.45, 2.75) is 51.0 Å². The van der Waals surface area contributed by atoms with Crippen LogP contribution in [-0.2, 0) is 12.8 Å². The molecule has 1 atom stereocenters. The second kappa shape index (κ2) is 14.9. The topological polar surface area (TPSA) is 96.0 Å². The number of hydrogen-bond donors (Lipinski definition) is 1. The molecule has 0 saturated carbocycles. The summed E-state index contributed by atoms with van der Waals surface area (Å²) >= 11 is 0. The van der Waals surface area contributed by atoms with Gasteiger partial charge >= 0.3 is 0 Å². The Labute approximate surface area is 190 Å². The lowest BCUT2D eigenvalue weighted by atomic mass is 10.1. The zero-order chi connectivity index (χ0) is 21.6. The van der Waals surface area contributed by atoms with Crippen LogP contribution < -0.4 is 9.47 Å². The van der Waals surface area contributed by atoms with Crippen molar-refractivity contribution in [3.63, 3.8) is 0 Å². The van der Waals surface area contributed by atoms with Crippen LogP contribution in [0.4, 0.5) is 0 Å². The van der Waals surface area contributed by atoms with E-state index < -0.39 is 6.10 Å². The third kappa shape index (κ3) is 9.90. The fourth-order valence-electron chi connectivity index (χ4n) is 3.29. The highest BCUT2D eigenvalue weighted by atomic mass is 16.5. The fraction of sp³-hybridized carbons (Fsp3) is 0.385. The first kappa shape index (κ1) is 25.3. The average molecular weight is 439 g/mol. The van der Waals surface area contributed by atoms with E-state index in [1.165, 1.54) is 0 Å². The van der Waals surface area contributed by atoms with Crippen LogP contribution >= 0.6 is 0 Å². The zero-order valence-electron chi connectivity index (χ0n) is 18.5. The molecule has 3 aromatic rings. The SMILES string of the molecule is O.O[C@H](CCCc1ccccn1)COc1ccc(OCCCCCc2ccccn2)cc1. The number of pyridine rings is 2. The van der Waals surface area contributed by atoms with E-state index in [1.54, 1.807) is 6.20 Å². The molecule has 0 radical (unpaired) electrons. The lowest BCUT2D eigenvalue weighted by molar-refractivity contribution is 0.0981. The lowest BCUT2D eigenvalue weighted by Crippen LogP contribution is -2.17. The van der Waals surface area contributed by atoms with Crippen molar-refractivity contribution in [2.75, 3.05) is 13.2 Å². The van der Waals surface area contributed by atoms with Crippen molar-refractivity contribution in [1.29, 1.82) is 0 Å². The van der Waals surface area contributed by atoms with Gasteiger partial charge in [0.25, 0.3) is 0 Å². The van der Waals surface area contributed by atoms with E-state index >= 15 is 0 Å². The maximum atomic E-state index is 10.1. The molecule has 172 valence electrons. The molecule has 0 aliphatic heterocycles. The van der Waals surface area contributed by atoms with Gasteiger partial charge in [-0.3, -0.25) is 9.97 Å². The van der Waals surface area contributed by atoms with E-state index in [9.17, 15) is 5.11 Å². The summed E-state index contributed by atoms with van der Waals surface area (Å²) < 4.78 is 11.5. The standard InChI is InChI=1S/C26H32N2O3.H2O/c29-24(13-8-12-23-11-4-6-19-28-23)21-31-26-16-14-25(15-17-26)30-20-7-1-2-9-22-10-3-5-18-27-22;/h3-6,10-11,14-19,24,29H,1-2,7-9,12-13,20-21H2;1H2/t24-;/m1./s1. The summed E-state index contributed by atoms with van der Waals surface area (Å²) in [7, 11) is 0. The minimum absolute atomic E-state index is 0. The van der Waals surface area contributed by atoms with E-state index in [-0.39, 0.29) is 5.48 Å². The number of aliphatic hydroxyl groups excluding tert-OH is 1. The van der Waals surface area contributed by atoms with Crippen molar-refractivity contribution in [3.8, 4) is 11.5 Å². The van der Waals surface area contributed by atoms with Crippen molar-refractivity contribution in [3.05, 3.63) is 84.4 Å². The Hall–Kier alpha value is -2.96. The molecular weight excluding hydrogens is 404 g/mol. The summed E-state index contributed by atoms with van der Waals surface area (Å²) in [6, 6.07) is 19.5. The highest BCUT2D eigenvalue weighted by Crippen LogP contribution is 2.18. The number of rotatable bonds is 14. The van der Waals surface area contributed by atoms with Crippen LogP contribution in [0.5, 0.6) is 11.5 Å². The Morgan fingerprint density at radius 2 is 1.28 bits per heavy atom. The third-order valence-electron chi connectivity index (χ3n) is 5.03. The molecule has 3 rings (SSSR count). The van der Waals surface area contributed by atoms with Gasteiger partial charge in [-0.25, -0.2) is 0 Å². The predicted molar refractivity (Wildman–Crippen MR) is 126 cm³/mol. The molecule has 0 unspecified atom stereocenters. The molecule has 0 bridgehead atoms. The van der Waals surface area contributed by atoms with E-state index in [1.807, 2.05) is 60.8 Å². The zero-order valence-corrected chi connectivity index (χ0v) is 18.5. The molecule has 0 saturated heterocycles. The molecule has 6 nitrogen and oxygen atoms in total. The molecule has 2 aromatic heterocycles. The molecule has 1 aromatic carbocycles. The maximum absolute atomic E-state index is 10.1. The van der Waals surface area contributed by atoms with Crippen LogP contribution in [0.15, 0.2) is 73.1 Å². The number of hydrogen-bond acceptors (Lipinski definition) is 5. The Kier molecular flexibility index (Phi) is 11.8. The second-order valence-electron chi connectivity index (χ2n) is 7.63. The quantitative estimate of drug-likeness (QED) is 0.380. The molecule has 0 aliphatic rings. The van der Waals surface area contributed by atoms with E-state index in [0.717, 1.165) is 61.4 Å². The van der Waals surface area contributed by atoms with Gasteiger partial charge in [0.15, 0.2) is 0 Å². The van der Waals surface area contributed by atoms with Crippen molar-refractivity contribution < 1.29 is 20.1 Å². The summed E-state index contributed by atoms with van der Waals surface area (Å²) in [5.41, 5.74) is 2.21. The molecule has 0 fully saturated rings. The average Bonchev–Trinajstić information content (AvgIpc) is 2.82. The monoisotopic (exact) mass is 438 g/mol. The van der Waals surface area contributed by atoms with Crippen LogP contribution in [0.3, 0.4) is 0 Å². The van der Waals surface area contributed by atoms with E-state index in [0.29, 0.717) is 19.6 Å². The Bertz CT molecular complexity index is 845. The van der Waals surface area contributed by atoms with Crippen LogP contribution in [-0.4, -0.2) is 39.9 Å². The number of aromatic nitrogens is 2. The van der Waals surface area contributed by atoms with Crippen molar-refractivity contribution >= 4 is 0 Å². The van der Waals surface area contributed by atoms with Crippen molar-refractivity contribution in [2.24, 2.45) is 0 Å². The summed E-state index contributed by atoms with van der Waals surface area (Å²) in [5, 5.41) is 10.1. The second-order valence-corrected chi connectivity index (χ2v) is 7.63. The third-order valence-corrected chi connectivity index (χ3v) is 5.03. The normalized spacial score (nSPS) is 11.4. The summed E-state index contributed by atoms with van der Waals surface area (Å²) in [5.74, 6) is 1.58. The van der Waals surface area contributed by atoms with Gasteiger partial charge in [0, 0.05) is 23.8 Å². The number of ether oxygens (including phenoxy) is 2. The summed E-state index contributed by atoms with van der Waals surface area (Å²) in [4.78, 5) is 8.64. The Morgan fingerprint density at radius 3 is 1.88 bits per heavy atom. The Balaban J connectivity index is 0.00000363. The minimum Gasteiger partial charge on any atom is -0.494 e. The van der Waals surface area contributed by atoms with Crippen LogP contribution in [0.2, 0.25) is 0 Å². The molecule has 0 spiro atoms. The highest BCUT2D eigenvalue weighted by Gasteiger charge is 2.06. The number of aliphatic hydroxyl groups is 1. The van der Waals surface area contributed by atoms with Gasteiger partial charge in [-0.15, -0.1) is 0 Å². The first-order chi connectivity index (χ1) is 15.3. The molecule has 0 aliphatic carbocycles. The number of nitrogens with zero attached hydrogens (tertiary/aromatic N) is 2. The van der Waals surface area contributed by atoms with Crippen molar-refractivity contribution in [1.82, 2.24) is 9.97 Å². The fourth-order valence-corrected chi connectivity index (χ4v) is 3.29. The molecule has 0 amide bonds. The van der Waals surface area contributed by atoms with Gasteiger partial charge in [0.2, 0.25) is 0 Å². The number of aryl methyl sites for hydroxylation is 2. The molecule has 3 N–H and O–H groups in total. The summed E-state index contributed by atoms with van der Waals surface area (Å²) in [6.07, 6.45) is 9.89. The van der Waals surface area contributed by atoms with Gasteiger partial charge < -0.3 is 20.1 Å². The largest absolute Gasteiger partial charge is 0.494 e. The molecular formula is C26H34N2O4. The van der Waals surface area contributed by atoms with Gasteiger partial charge in [0.05, 0.1) is 12.7 Å². The Morgan fingerprint density at radius 1 is 0.688 bits per heavy atom. The minimum atomic E-state index is -0.481. The first-order valence-corrected chi connectivity index (χ1v) is 11.1. The van der Waals surface area contributed by atoms with Crippen LogP contribution in [0, 0.1) is 0 Å². The highest BCUT2D eigenvalue weighted by molar-refractivity contribution is 5.31. The molecule has 2 heterocycles. The van der Waals surface area contributed by atoms with Gasteiger partial charge in [0.1, 0.15) is 18.1 Å². The first-order valence-electron chi connectivity index (χ1n) is 11.1. The number of unbranched alkanes of at least 4 members (excludes halogenated alkanes) is 2. The number of benzene rings is 1. The predicted octanol–water partition coefficient (Wildman–Crippen LogP) is 4.21. The summed E-state index contributed by atoms with van der Waals surface area (Å²) in [6.45, 7) is 0.996. The van der Waals surface area contributed by atoms with E-state index in [4.69, 9.17) is 9.47 Å². The van der Waals surface area contributed by atoms with Crippen LogP contribution in [0.1, 0.15) is 43.5 Å². The smallest absolute Gasteiger partial charge is 0.119 e. The van der Waals surface area contributed by atoms with Crippen LogP contribution in [0.25, 0.3) is 0 Å². The maximum Gasteiger partial charge on any atom is 0.119 e. The lowest BCUT2D eigenvalue weighted by Gasteiger charge is -2.13. The van der Waals surface area contributed by atoms with Gasteiger partial charge in [-0.2, -0.15) is 0 Å².